The molecule has 5 rings (SSSR count). The molecule has 3 N–H and O–H groups in total. The molecule has 0 unspecified atom stereocenters. The topological polar surface area (TPSA) is 89.7 Å². The number of hydrogen-bond acceptors (Lipinski definition) is 6. The number of halogens is 6. The summed E-state index contributed by atoms with van der Waals surface area (Å²) in [5.41, 5.74) is 3.82. The van der Waals surface area contributed by atoms with Crippen molar-refractivity contribution in [2.75, 3.05) is 49.7 Å². The minimum atomic E-state index is -1.39. The van der Waals surface area contributed by atoms with Crippen molar-refractivity contribution in [2.45, 2.75) is 32.1 Å². The lowest BCUT2D eigenvalue weighted by atomic mass is 9.75. The van der Waals surface area contributed by atoms with Gasteiger partial charge in [0.25, 0.3) is 5.91 Å². The summed E-state index contributed by atoms with van der Waals surface area (Å²) in [6.07, 6.45) is 7.96. The Morgan fingerprint density at radius 3 is 2.30 bits per heavy atom. The largest absolute Gasteiger partial charge is 0.491 e. The van der Waals surface area contributed by atoms with Crippen LogP contribution in [0.1, 0.15) is 42.5 Å². The van der Waals surface area contributed by atoms with E-state index in [0.717, 1.165) is 56.4 Å². The lowest BCUT2D eigenvalue weighted by molar-refractivity contribution is 0.101. The molecule has 13 heteroatoms. The van der Waals surface area contributed by atoms with Crippen LogP contribution in [0, 0.1) is 28.7 Å². The zero-order chi connectivity index (χ0) is 29.0. The van der Waals surface area contributed by atoms with Gasteiger partial charge in [0.05, 0.1) is 42.7 Å². The molecule has 2 aliphatic rings. The highest BCUT2D eigenvalue weighted by Crippen LogP contribution is 2.38. The number of aromatic nitrogens is 1. The molecule has 1 amide bonds. The molecule has 0 atom stereocenters. The summed E-state index contributed by atoms with van der Waals surface area (Å²) in [5.74, 6) is -5.55. The fraction of sp³-hybridized carbons (Fsp3) is 0.400. The minimum absolute atomic E-state index is 0. The van der Waals surface area contributed by atoms with Crippen molar-refractivity contribution in [3.05, 3.63) is 71.6 Å². The Morgan fingerprint density at radius 1 is 0.977 bits per heavy atom. The predicted octanol–water partition coefficient (Wildman–Crippen LogP) is 6.53. The van der Waals surface area contributed by atoms with Crippen LogP contribution in [0.15, 0.2) is 42.7 Å². The van der Waals surface area contributed by atoms with Crippen LogP contribution in [0.2, 0.25) is 0 Å². The van der Waals surface area contributed by atoms with Gasteiger partial charge in [0.2, 0.25) is 0 Å². The van der Waals surface area contributed by atoms with Crippen molar-refractivity contribution in [3.63, 3.8) is 0 Å². The van der Waals surface area contributed by atoms with Gasteiger partial charge in [-0.1, -0.05) is 19.3 Å². The van der Waals surface area contributed by atoms with Crippen molar-refractivity contribution in [3.8, 4) is 16.9 Å². The normalized spacial score (nSPS) is 16.1. The monoisotopic (exact) mass is 644 g/mol. The van der Waals surface area contributed by atoms with E-state index in [9.17, 15) is 9.18 Å². The Bertz CT molecular complexity index is 1400. The fourth-order valence-electron chi connectivity index (χ4n) is 5.49. The van der Waals surface area contributed by atoms with Gasteiger partial charge in [-0.15, -0.1) is 24.8 Å². The highest BCUT2D eigenvalue weighted by Gasteiger charge is 2.32. The molecule has 3 aromatic rings. The van der Waals surface area contributed by atoms with E-state index in [2.05, 4.69) is 10.3 Å². The minimum Gasteiger partial charge on any atom is -0.491 e. The van der Waals surface area contributed by atoms with Gasteiger partial charge in [0.15, 0.2) is 0 Å². The third kappa shape index (κ3) is 7.52. The Hall–Kier alpha value is -3.12. The molecule has 234 valence electrons. The molecule has 1 aromatic heterocycles. The first kappa shape index (κ1) is 34.4. The first-order chi connectivity index (χ1) is 19.8. The Balaban J connectivity index is 0.00000253. The molecule has 1 aliphatic heterocycles. The molecule has 0 spiro atoms. The van der Waals surface area contributed by atoms with Gasteiger partial charge < -0.3 is 25.4 Å². The van der Waals surface area contributed by atoms with Crippen molar-refractivity contribution < 1.29 is 31.8 Å². The van der Waals surface area contributed by atoms with Crippen LogP contribution in [-0.4, -0.2) is 50.3 Å². The van der Waals surface area contributed by atoms with E-state index in [-0.39, 0.29) is 41.6 Å². The summed E-state index contributed by atoms with van der Waals surface area (Å²) < 4.78 is 72.2. The molecular weight excluding hydrogens is 611 g/mol. The molecule has 2 aromatic carbocycles. The fourth-order valence-corrected chi connectivity index (χ4v) is 5.49. The van der Waals surface area contributed by atoms with Crippen LogP contribution in [-0.2, 0) is 4.74 Å². The number of nitrogens with two attached hydrogens (primary N) is 1. The van der Waals surface area contributed by atoms with E-state index in [0.29, 0.717) is 45.2 Å². The van der Waals surface area contributed by atoms with E-state index < -0.39 is 45.9 Å². The molecule has 1 saturated carbocycles. The van der Waals surface area contributed by atoms with Gasteiger partial charge in [-0.2, -0.15) is 0 Å². The van der Waals surface area contributed by atoms with Crippen LogP contribution < -0.4 is 20.7 Å². The Labute approximate surface area is 260 Å². The van der Waals surface area contributed by atoms with Crippen LogP contribution in [0.4, 0.5) is 28.9 Å². The second kappa shape index (κ2) is 15.1. The smallest absolute Gasteiger partial charge is 0.258 e. The van der Waals surface area contributed by atoms with E-state index in [1.807, 2.05) is 0 Å². The highest BCUT2D eigenvalue weighted by molar-refractivity contribution is 6.06. The number of hydrogen-bond donors (Lipinski definition) is 2. The average molecular weight is 646 g/mol. The summed E-state index contributed by atoms with van der Waals surface area (Å²) in [6, 6.07) is 5.33. The molecule has 43 heavy (non-hydrogen) atoms. The number of carbonyl (C=O) groups excluding carboxylic acids is 1. The summed E-state index contributed by atoms with van der Waals surface area (Å²) in [6.45, 7) is 2.42. The third-order valence-corrected chi connectivity index (χ3v) is 7.90. The molecule has 0 radical (unpaired) electrons. The molecule has 0 bridgehead atoms. The number of carbonyl (C=O) groups is 1. The van der Waals surface area contributed by atoms with Gasteiger partial charge in [0, 0.05) is 43.0 Å². The molecule has 1 aliphatic carbocycles. The Morgan fingerprint density at radius 2 is 1.65 bits per heavy atom. The lowest BCUT2D eigenvalue weighted by Gasteiger charge is -2.36. The van der Waals surface area contributed by atoms with Gasteiger partial charge in [-0.3, -0.25) is 9.78 Å². The maximum atomic E-state index is 15.7. The van der Waals surface area contributed by atoms with Crippen molar-refractivity contribution in [1.29, 1.82) is 0 Å². The maximum absolute atomic E-state index is 15.7. The number of benzene rings is 2. The third-order valence-electron chi connectivity index (χ3n) is 7.90. The lowest BCUT2D eigenvalue weighted by Crippen LogP contribution is -2.38. The van der Waals surface area contributed by atoms with E-state index in [1.54, 1.807) is 11.0 Å². The van der Waals surface area contributed by atoms with Crippen molar-refractivity contribution in [2.24, 2.45) is 11.1 Å². The van der Waals surface area contributed by atoms with Gasteiger partial charge in [-0.25, -0.2) is 17.6 Å². The molecule has 2 fully saturated rings. The highest BCUT2D eigenvalue weighted by atomic mass is 35.5. The van der Waals surface area contributed by atoms with Crippen molar-refractivity contribution >= 4 is 42.1 Å². The number of amides is 1. The number of nitrogens with zero attached hydrogens (tertiary/aromatic N) is 2. The average Bonchev–Trinajstić information content (AvgIpc) is 2.98. The summed E-state index contributed by atoms with van der Waals surface area (Å²) in [7, 11) is 0. The number of pyridine rings is 1. The predicted molar refractivity (Wildman–Crippen MR) is 161 cm³/mol. The van der Waals surface area contributed by atoms with E-state index in [4.69, 9.17) is 15.2 Å². The van der Waals surface area contributed by atoms with Crippen LogP contribution in [0.5, 0.6) is 5.75 Å². The van der Waals surface area contributed by atoms with Crippen LogP contribution in [0.25, 0.3) is 11.1 Å². The van der Waals surface area contributed by atoms with Crippen molar-refractivity contribution in [1.82, 2.24) is 4.98 Å². The van der Waals surface area contributed by atoms with Gasteiger partial charge in [0.1, 0.15) is 34.7 Å². The van der Waals surface area contributed by atoms with Gasteiger partial charge >= 0.3 is 0 Å². The molecule has 2 heterocycles. The van der Waals surface area contributed by atoms with Crippen LogP contribution in [0.3, 0.4) is 0 Å². The molecular formula is C30H34Cl2F4N4O3. The SMILES string of the molecule is Cl.Cl.NCC1(COc2ccncc2NC(=O)c2ccc(F)c(-c3c(F)cc(N4CCOCC4)cc3F)c2F)CCCCC1. The quantitative estimate of drug-likeness (QED) is 0.271. The standard InChI is InChI=1S/C30H32F4N4O3.2ClH/c31-21-5-4-20(28(34)27(21)26-22(32)14-19(15-23(26)33)38-10-12-40-13-11-38)29(39)37-24-16-36-9-6-25(24)41-18-30(17-35)7-2-1-3-8-30;;/h4-6,9,14-16H,1-3,7-8,10-13,17-18,35H2,(H,37,39);2*1H. The zero-order valence-electron chi connectivity index (χ0n) is 23.3. The number of ether oxygens (including phenoxy) is 2. The zero-order valence-corrected chi connectivity index (χ0v) is 25.0. The number of morpholine rings is 1. The number of rotatable bonds is 8. The summed E-state index contributed by atoms with van der Waals surface area (Å²) in [4.78, 5) is 18.9. The van der Waals surface area contributed by atoms with Gasteiger partial charge in [-0.05, 0) is 37.1 Å². The summed E-state index contributed by atoms with van der Waals surface area (Å²) >= 11 is 0. The maximum Gasteiger partial charge on any atom is 0.258 e. The first-order valence-electron chi connectivity index (χ1n) is 13.7. The van der Waals surface area contributed by atoms with E-state index >= 15 is 13.2 Å². The Kier molecular flexibility index (Phi) is 12.0. The first-order valence-corrected chi connectivity index (χ1v) is 13.7. The second-order valence-corrected chi connectivity index (χ2v) is 10.5. The summed E-state index contributed by atoms with van der Waals surface area (Å²) in [5, 5.41) is 2.54. The second-order valence-electron chi connectivity index (χ2n) is 10.5. The van der Waals surface area contributed by atoms with E-state index in [1.165, 1.54) is 12.4 Å². The van der Waals surface area contributed by atoms with Crippen LogP contribution >= 0.6 is 24.8 Å². The number of anilines is 2. The molecule has 1 saturated heterocycles. The molecule has 7 nitrogen and oxygen atoms in total. The number of nitrogens with one attached hydrogen (secondary N) is 1.